The maximum atomic E-state index is 12.9. The number of carbonyl (C=O) groups excluding carboxylic acids is 1. The number of rotatable bonds is 7. The number of alkyl halides is 3. The first-order valence-corrected chi connectivity index (χ1v) is 5.92. The lowest BCUT2D eigenvalue weighted by Gasteiger charge is -2.35. The van der Waals surface area contributed by atoms with Crippen LogP contribution < -0.4 is 5.73 Å². The van der Waals surface area contributed by atoms with Crippen molar-refractivity contribution in [2.45, 2.75) is 45.5 Å². The van der Waals surface area contributed by atoms with Gasteiger partial charge in [0.25, 0.3) is 0 Å². The van der Waals surface area contributed by atoms with Crippen LogP contribution >= 0.6 is 0 Å². The van der Waals surface area contributed by atoms with E-state index >= 15 is 0 Å². The summed E-state index contributed by atoms with van der Waals surface area (Å²) in [5.41, 5.74) is 5.21. The molecule has 0 rings (SSSR count). The zero-order valence-corrected chi connectivity index (χ0v) is 11.0. The van der Waals surface area contributed by atoms with Gasteiger partial charge in [-0.3, -0.25) is 9.69 Å². The highest BCUT2D eigenvalue weighted by molar-refractivity contribution is 5.71. The van der Waals surface area contributed by atoms with Crippen molar-refractivity contribution in [3.63, 3.8) is 0 Å². The molecule has 0 aliphatic rings. The second-order valence-corrected chi connectivity index (χ2v) is 4.21. The van der Waals surface area contributed by atoms with Crippen molar-refractivity contribution < 1.29 is 22.7 Å². The number of nitrogens with two attached hydrogens (primary N) is 1. The number of esters is 1. The van der Waals surface area contributed by atoms with E-state index in [1.54, 1.807) is 20.8 Å². The standard InChI is InChI=1S/C11H21F3N2O2/c1-4-18-10(17)7-16(8(2)3)9(5-6-15)11(12,13)14/h8-9H,4-7,15H2,1-3H3. The molecule has 0 aliphatic carbocycles. The van der Waals surface area contributed by atoms with Gasteiger partial charge in [-0.25, -0.2) is 0 Å². The molecule has 0 aromatic heterocycles. The van der Waals surface area contributed by atoms with Gasteiger partial charge < -0.3 is 10.5 Å². The summed E-state index contributed by atoms with van der Waals surface area (Å²) in [6, 6.07) is -2.14. The van der Waals surface area contributed by atoms with E-state index in [2.05, 4.69) is 4.74 Å². The van der Waals surface area contributed by atoms with E-state index in [1.165, 1.54) is 0 Å². The number of nitrogens with zero attached hydrogens (tertiary/aromatic N) is 1. The molecule has 0 saturated carbocycles. The molecule has 0 aromatic rings. The molecule has 0 spiro atoms. The first-order chi connectivity index (χ1) is 8.23. The van der Waals surface area contributed by atoms with Gasteiger partial charge in [0.15, 0.2) is 0 Å². The fourth-order valence-electron chi connectivity index (χ4n) is 1.68. The van der Waals surface area contributed by atoms with E-state index < -0.39 is 24.2 Å². The van der Waals surface area contributed by atoms with E-state index in [1.807, 2.05) is 0 Å². The van der Waals surface area contributed by atoms with Crippen LogP contribution in [0, 0.1) is 0 Å². The third kappa shape index (κ3) is 5.68. The monoisotopic (exact) mass is 270 g/mol. The topological polar surface area (TPSA) is 55.6 Å². The molecule has 18 heavy (non-hydrogen) atoms. The predicted molar refractivity (Wildman–Crippen MR) is 62.0 cm³/mol. The summed E-state index contributed by atoms with van der Waals surface area (Å²) < 4.78 is 43.4. The fourth-order valence-corrected chi connectivity index (χ4v) is 1.68. The normalized spacial score (nSPS) is 14.1. The average molecular weight is 270 g/mol. The molecule has 108 valence electrons. The van der Waals surface area contributed by atoms with E-state index in [0.29, 0.717) is 0 Å². The van der Waals surface area contributed by atoms with Crippen LogP contribution in [-0.4, -0.2) is 48.8 Å². The third-order valence-electron chi connectivity index (χ3n) is 2.50. The van der Waals surface area contributed by atoms with Crippen molar-refractivity contribution >= 4 is 5.97 Å². The third-order valence-corrected chi connectivity index (χ3v) is 2.50. The first kappa shape index (κ1) is 17.2. The molecule has 0 radical (unpaired) electrons. The molecular weight excluding hydrogens is 249 g/mol. The van der Waals surface area contributed by atoms with Gasteiger partial charge in [-0.2, -0.15) is 13.2 Å². The van der Waals surface area contributed by atoms with Crippen molar-refractivity contribution in [3.05, 3.63) is 0 Å². The van der Waals surface area contributed by atoms with Gasteiger partial charge in [0.2, 0.25) is 0 Å². The summed E-state index contributed by atoms with van der Waals surface area (Å²) in [6.07, 6.45) is -4.64. The minimum absolute atomic E-state index is 0.0871. The van der Waals surface area contributed by atoms with Crippen LogP contribution in [0.3, 0.4) is 0 Å². The number of hydrogen-bond donors (Lipinski definition) is 1. The lowest BCUT2D eigenvalue weighted by molar-refractivity contribution is -0.192. The van der Waals surface area contributed by atoms with Crippen LogP contribution in [0.5, 0.6) is 0 Å². The maximum absolute atomic E-state index is 12.9. The van der Waals surface area contributed by atoms with Gasteiger partial charge in [-0.05, 0) is 33.7 Å². The van der Waals surface area contributed by atoms with Crippen molar-refractivity contribution in [3.8, 4) is 0 Å². The van der Waals surface area contributed by atoms with E-state index in [-0.39, 0.29) is 26.1 Å². The largest absolute Gasteiger partial charge is 0.465 e. The van der Waals surface area contributed by atoms with Gasteiger partial charge in [-0.1, -0.05) is 0 Å². The molecule has 1 unspecified atom stereocenters. The summed E-state index contributed by atoms with van der Waals surface area (Å²) in [6.45, 7) is 4.51. The average Bonchev–Trinajstić information content (AvgIpc) is 2.21. The molecule has 2 N–H and O–H groups in total. The lowest BCUT2D eigenvalue weighted by atomic mass is 10.1. The van der Waals surface area contributed by atoms with Gasteiger partial charge in [0, 0.05) is 6.04 Å². The van der Waals surface area contributed by atoms with Crippen molar-refractivity contribution in [2.75, 3.05) is 19.7 Å². The second-order valence-electron chi connectivity index (χ2n) is 4.21. The molecule has 0 amide bonds. The Labute approximate surface area is 105 Å². The summed E-state index contributed by atoms with van der Waals surface area (Å²) in [4.78, 5) is 12.4. The smallest absolute Gasteiger partial charge is 0.404 e. The predicted octanol–water partition coefficient (Wildman–Crippen LogP) is 1.54. The molecule has 7 heteroatoms. The van der Waals surface area contributed by atoms with Gasteiger partial charge in [0.1, 0.15) is 6.04 Å². The molecular formula is C11H21F3N2O2. The van der Waals surface area contributed by atoms with E-state index in [9.17, 15) is 18.0 Å². The minimum atomic E-state index is -4.41. The molecule has 0 aromatic carbocycles. The molecule has 0 fully saturated rings. The Balaban J connectivity index is 4.87. The molecule has 0 saturated heterocycles. The number of ether oxygens (including phenoxy) is 1. The second kappa shape index (κ2) is 7.58. The van der Waals surface area contributed by atoms with Crippen LogP contribution in [0.4, 0.5) is 13.2 Å². The quantitative estimate of drug-likeness (QED) is 0.713. The summed E-state index contributed by atoms with van der Waals surface area (Å²) >= 11 is 0. The highest BCUT2D eigenvalue weighted by atomic mass is 19.4. The van der Waals surface area contributed by atoms with Gasteiger partial charge >= 0.3 is 12.1 Å². The van der Waals surface area contributed by atoms with Crippen molar-refractivity contribution in [2.24, 2.45) is 5.73 Å². The van der Waals surface area contributed by atoms with Crippen LogP contribution in [0.2, 0.25) is 0 Å². The lowest BCUT2D eigenvalue weighted by Crippen LogP contribution is -2.52. The van der Waals surface area contributed by atoms with Crippen molar-refractivity contribution in [1.29, 1.82) is 0 Å². The summed E-state index contributed by atoms with van der Waals surface area (Å²) in [5, 5.41) is 0. The molecule has 0 heterocycles. The Bertz CT molecular complexity index is 257. The van der Waals surface area contributed by atoms with Crippen LogP contribution in [-0.2, 0) is 9.53 Å². The van der Waals surface area contributed by atoms with E-state index in [0.717, 1.165) is 4.90 Å². The Morgan fingerprint density at radius 1 is 1.39 bits per heavy atom. The first-order valence-electron chi connectivity index (χ1n) is 5.92. The number of hydrogen-bond acceptors (Lipinski definition) is 4. The van der Waals surface area contributed by atoms with Gasteiger partial charge in [0.05, 0.1) is 13.2 Å². The van der Waals surface area contributed by atoms with Crippen LogP contribution in [0.15, 0.2) is 0 Å². The zero-order chi connectivity index (χ0) is 14.3. The Morgan fingerprint density at radius 3 is 2.28 bits per heavy atom. The number of halogens is 3. The van der Waals surface area contributed by atoms with Crippen molar-refractivity contribution in [1.82, 2.24) is 4.90 Å². The highest BCUT2D eigenvalue weighted by Crippen LogP contribution is 2.28. The molecule has 0 bridgehead atoms. The fraction of sp³-hybridized carbons (Fsp3) is 0.909. The van der Waals surface area contributed by atoms with Gasteiger partial charge in [-0.15, -0.1) is 0 Å². The zero-order valence-electron chi connectivity index (χ0n) is 11.0. The summed E-state index contributed by atoms with van der Waals surface area (Å²) in [7, 11) is 0. The minimum Gasteiger partial charge on any atom is -0.465 e. The Hall–Kier alpha value is -0.820. The van der Waals surface area contributed by atoms with Crippen LogP contribution in [0.1, 0.15) is 27.2 Å². The SMILES string of the molecule is CCOC(=O)CN(C(C)C)C(CCN)C(F)(F)F. The van der Waals surface area contributed by atoms with Crippen LogP contribution in [0.25, 0.3) is 0 Å². The molecule has 4 nitrogen and oxygen atoms in total. The Kier molecular flexibility index (Phi) is 7.23. The molecule has 1 atom stereocenters. The summed E-state index contributed by atoms with van der Waals surface area (Å²) in [5.74, 6) is -0.655. The Morgan fingerprint density at radius 2 is 1.94 bits per heavy atom. The molecule has 0 aliphatic heterocycles. The number of carbonyl (C=O) groups is 1. The maximum Gasteiger partial charge on any atom is 0.404 e. The highest BCUT2D eigenvalue weighted by Gasteiger charge is 2.44. The van der Waals surface area contributed by atoms with E-state index in [4.69, 9.17) is 5.73 Å².